The molecule has 1 amide bonds. The van der Waals surface area contributed by atoms with Crippen LogP contribution in [0.1, 0.15) is 36.5 Å². The van der Waals surface area contributed by atoms with Crippen molar-refractivity contribution >= 4 is 34.0 Å². The van der Waals surface area contributed by atoms with Gasteiger partial charge in [0.1, 0.15) is 5.69 Å². The molecule has 0 aliphatic carbocycles. The van der Waals surface area contributed by atoms with Crippen molar-refractivity contribution in [3.63, 3.8) is 0 Å². The van der Waals surface area contributed by atoms with E-state index in [0.29, 0.717) is 15.8 Å². The average molecular weight is 353 g/mol. The van der Waals surface area contributed by atoms with E-state index in [1.54, 1.807) is 12.3 Å². The molecule has 0 spiro atoms. The number of nitrogens with zero attached hydrogens (tertiary/aromatic N) is 2. The molecule has 2 atom stereocenters. The van der Waals surface area contributed by atoms with Gasteiger partial charge in [0, 0.05) is 31.2 Å². The molecule has 1 saturated heterocycles. The van der Waals surface area contributed by atoms with Crippen LogP contribution in [-0.2, 0) is 6.54 Å². The first-order chi connectivity index (χ1) is 11.0. The van der Waals surface area contributed by atoms with Crippen molar-refractivity contribution in [2.24, 2.45) is 11.8 Å². The van der Waals surface area contributed by atoms with Crippen molar-refractivity contribution in [2.75, 3.05) is 18.4 Å². The van der Waals surface area contributed by atoms with E-state index in [1.807, 2.05) is 5.38 Å². The van der Waals surface area contributed by atoms with Crippen molar-refractivity contribution in [1.29, 1.82) is 0 Å². The van der Waals surface area contributed by atoms with Gasteiger partial charge in [0.05, 0.1) is 10.7 Å². The molecule has 5 nitrogen and oxygen atoms in total. The summed E-state index contributed by atoms with van der Waals surface area (Å²) in [6.07, 6.45) is 2.88. The Morgan fingerprint density at radius 2 is 2.22 bits per heavy atom. The Balaban J connectivity index is 1.58. The minimum atomic E-state index is -0.224. The first-order valence-corrected chi connectivity index (χ1v) is 9.07. The lowest BCUT2D eigenvalue weighted by Gasteiger charge is -2.34. The predicted octanol–water partition coefficient (Wildman–Crippen LogP) is 3.85. The van der Waals surface area contributed by atoms with Crippen molar-refractivity contribution < 1.29 is 4.79 Å². The van der Waals surface area contributed by atoms with Gasteiger partial charge in [0.15, 0.2) is 5.13 Å². The number of anilines is 1. The van der Waals surface area contributed by atoms with Gasteiger partial charge < -0.3 is 4.98 Å². The summed E-state index contributed by atoms with van der Waals surface area (Å²) in [5.41, 5.74) is 1.45. The number of carbonyl (C=O) groups is 1. The second-order valence-electron chi connectivity index (χ2n) is 6.47. The van der Waals surface area contributed by atoms with Gasteiger partial charge in [-0.3, -0.25) is 15.0 Å². The third kappa shape index (κ3) is 4.34. The molecule has 3 heterocycles. The highest BCUT2D eigenvalue weighted by atomic mass is 35.5. The van der Waals surface area contributed by atoms with Gasteiger partial charge in [-0.05, 0) is 24.3 Å². The highest BCUT2D eigenvalue weighted by Gasteiger charge is 2.22. The monoisotopic (exact) mass is 352 g/mol. The van der Waals surface area contributed by atoms with Crippen LogP contribution in [-0.4, -0.2) is 33.9 Å². The summed E-state index contributed by atoms with van der Waals surface area (Å²) in [7, 11) is 0. The van der Waals surface area contributed by atoms with Gasteiger partial charge in [-0.25, -0.2) is 4.98 Å². The van der Waals surface area contributed by atoms with Gasteiger partial charge in [0.25, 0.3) is 5.91 Å². The molecular formula is C16H21ClN4OS. The topological polar surface area (TPSA) is 61.0 Å². The predicted molar refractivity (Wildman–Crippen MR) is 94.1 cm³/mol. The van der Waals surface area contributed by atoms with Crippen LogP contribution in [0.15, 0.2) is 17.6 Å². The van der Waals surface area contributed by atoms with E-state index in [2.05, 4.69) is 34.0 Å². The number of likely N-dealkylation sites (tertiary alicyclic amines) is 1. The standard InChI is InChI=1S/C16H21ClN4OS/c1-10-3-11(2)7-21(6-10)8-13-9-23-16(19-13)20-15(22)14-4-12(17)5-18-14/h4-5,9-11,18H,3,6-8H2,1-2H3,(H,19,20,22)/t10-,11+. The highest BCUT2D eigenvalue weighted by molar-refractivity contribution is 7.13. The summed E-state index contributed by atoms with van der Waals surface area (Å²) in [5, 5.41) is 5.96. The van der Waals surface area contributed by atoms with Gasteiger partial charge >= 0.3 is 0 Å². The number of aromatic amines is 1. The maximum atomic E-state index is 12.1. The van der Waals surface area contributed by atoms with Crippen LogP contribution in [0.2, 0.25) is 5.02 Å². The number of piperidine rings is 1. The van der Waals surface area contributed by atoms with Crippen LogP contribution >= 0.6 is 22.9 Å². The Labute approximate surface area is 145 Å². The van der Waals surface area contributed by atoms with Crippen LogP contribution in [0.3, 0.4) is 0 Å². The van der Waals surface area contributed by atoms with Crippen molar-refractivity contribution in [3.05, 3.63) is 34.1 Å². The number of carbonyl (C=O) groups excluding carboxylic acids is 1. The number of aromatic nitrogens is 2. The molecule has 0 unspecified atom stereocenters. The smallest absolute Gasteiger partial charge is 0.273 e. The van der Waals surface area contributed by atoms with Crippen LogP contribution < -0.4 is 5.32 Å². The zero-order chi connectivity index (χ0) is 16.4. The number of rotatable bonds is 4. The normalized spacial score (nSPS) is 22.2. The molecule has 3 rings (SSSR count). The number of hydrogen-bond donors (Lipinski definition) is 2. The quantitative estimate of drug-likeness (QED) is 0.878. The SMILES string of the molecule is C[C@@H]1C[C@H](C)CN(Cc2csc(NC(=O)c3cc(Cl)c[nH]3)n2)C1. The third-order valence-electron chi connectivity index (χ3n) is 3.99. The van der Waals surface area contributed by atoms with Crippen LogP contribution in [0.4, 0.5) is 5.13 Å². The lowest BCUT2D eigenvalue weighted by molar-refractivity contribution is 0.102. The molecular weight excluding hydrogens is 332 g/mol. The Hall–Kier alpha value is -1.37. The number of amides is 1. The van der Waals surface area contributed by atoms with E-state index in [0.717, 1.165) is 37.2 Å². The van der Waals surface area contributed by atoms with Gasteiger partial charge in [0.2, 0.25) is 0 Å². The number of nitrogens with one attached hydrogen (secondary N) is 2. The molecule has 1 aliphatic heterocycles. The second kappa shape index (κ2) is 7.03. The van der Waals surface area contributed by atoms with Crippen LogP contribution in [0.25, 0.3) is 0 Å². The lowest BCUT2D eigenvalue weighted by atomic mass is 9.92. The molecule has 0 saturated carbocycles. The molecule has 124 valence electrons. The molecule has 2 aromatic rings. The Bertz CT molecular complexity index is 673. The number of halogens is 1. The van der Waals surface area contributed by atoms with Crippen LogP contribution in [0.5, 0.6) is 0 Å². The minimum Gasteiger partial charge on any atom is -0.356 e. The Kier molecular flexibility index (Phi) is 5.04. The molecule has 1 aliphatic rings. The molecule has 2 N–H and O–H groups in total. The summed E-state index contributed by atoms with van der Waals surface area (Å²) >= 11 is 7.27. The molecule has 7 heteroatoms. The summed E-state index contributed by atoms with van der Waals surface area (Å²) in [6.45, 7) is 7.68. The van der Waals surface area contributed by atoms with E-state index in [9.17, 15) is 4.79 Å². The molecule has 0 bridgehead atoms. The largest absolute Gasteiger partial charge is 0.356 e. The van der Waals surface area contributed by atoms with Crippen molar-refractivity contribution in [2.45, 2.75) is 26.8 Å². The van der Waals surface area contributed by atoms with E-state index in [1.165, 1.54) is 17.8 Å². The van der Waals surface area contributed by atoms with E-state index < -0.39 is 0 Å². The fourth-order valence-corrected chi connectivity index (χ4v) is 4.11. The maximum absolute atomic E-state index is 12.1. The zero-order valence-electron chi connectivity index (χ0n) is 13.3. The molecule has 1 fully saturated rings. The van der Waals surface area contributed by atoms with E-state index in [4.69, 9.17) is 11.6 Å². The number of hydrogen-bond acceptors (Lipinski definition) is 4. The van der Waals surface area contributed by atoms with Crippen molar-refractivity contribution in [1.82, 2.24) is 14.9 Å². The summed E-state index contributed by atoms with van der Waals surface area (Å²) in [6, 6.07) is 1.60. The number of H-pyrrole nitrogens is 1. The minimum absolute atomic E-state index is 0.224. The first kappa shape index (κ1) is 16.5. The number of thiazole rings is 1. The molecule has 23 heavy (non-hydrogen) atoms. The first-order valence-electron chi connectivity index (χ1n) is 7.81. The summed E-state index contributed by atoms with van der Waals surface area (Å²) in [4.78, 5) is 21.9. The van der Waals surface area contributed by atoms with Crippen LogP contribution in [0, 0.1) is 11.8 Å². The Morgan fingerprint density at radius 1 is 1.48 bits per heavy atom. The summed E-state index contributed by atoms with van der Waals surface area (Å²) in [5.74, 6) is 1.24. The van der Waals surface area contributed by atoms with Crippen molar-refractivity contribution in [3.8, 4) is 0 Å². The second-order valence-corrected chi connectivity index (χ2v) is 7.76. The molecule has 0 radical (unpaired) electrons. The molecule has 2 aromatic heterocycles. The lowest BCUT2D eigenvalue weighted by Crippen LogP contribution is -2.38. The Morgan fingerprint density at radius 3 is 2.87 bits per heavy atom. The zero-order valence-corrected chi connectivity index (χ0v) is 14.9. The van der Waals surface area contributed by atoms with E-state index >= 15 is 0 Å². The highest BCUT2D eigenvalue weighted by Crippen LogP contribution is 2.24. The van der Waals surface area contributed by atoms with Gasteiger partial charge in [-0.2, -0.15) is 0 Å². The van der Waals surface area contributed by atoms with Gasteiger partial charge in [-0.15, -0.1) is 11.3 Å². The third-order valence-corrected chi connectivity index (χ3v) is 5.02. The molecule has 0 aromatic carbocycles. The fraction of sp³-hybridized carbons (Fsp3) is 0.500. The van der Waals surface area contributed by atoms with E-state index in [-0.39, 0.29) is 5.91 Å². The fourth-order valence-electron chi connectivity index (χ4n) is 3.25. The maximum Gasteiger partial charge on any atom is 0.273 e. The average Bonchev–Trinajstić information content (AvgIpc) is 3.07. The summed E-state index contributed by atoms with van der Waals surface area (Å²) < 4.78 is 0. The van der Waals surface area contributed by atoms with Gasteiger partial charge in [-0.1, -0.05) is 25.4 Å².